The van der Waals surface area contributed by atoms with Gasteiger partial charge < -0.3 is 19.7 Å². The molecule has 0 unspecified atom stereocenters. The highest BCUT2D eigenvalue weighted by molar-refractivity contribution is 5.89. The van der Waals surface area contributed by atoms with Gasteiger partial charge in [-0.05, 0) is 24.3 Å². The molecule has 1 amide bonds. The maximum Gasteiger partial charge on any atom is 0.232 e. The summed E-state index contributed by atoms with van der Waals surface area (Å²) in [6.45, 7) is 0.151. The number of nitrogens with one attached hydrogen (secondary N) is 1. The topological polar surface area (TPSA) is 63.5 Å². The largest absolute Gasteiger partial charge is 0.457 e. The number of aryl methyl sites for hydroxylation is 1. The number of hydrogen-bond donors (Lipinski definition) is 2. The van der Waals surface area contributed by atoms with E-state index < -0.39 is 12.0 Å². The van der Waals surface area contributed by atoms with Crippen LogP contribution < -0.4 is 10.1 Å². The van der Waals surface area contributed by atoms with Crippen LogP contribution in [0.3, 0.4) is 0 Å². The predicted molar refractivity (Wildman–Crippen MR) is 98.2 cm³/mol. The van der Waals surface area contributed by atoms with Crippen molar-refractivity contribution in [2.24, 2.45) is 7.05 Å². The molecule has 1 aromatic heterocycles. The molecule has 3 aromatic rings. The van der Waals surface area contributed by atoms with Gasteiger partial charge in [-0.3, -0.25) is 4.79 Å². The number of amides is 1. The van der Waals surface area contributed by atoms with Crippen LogP contribution in [-0.4, -0.2) is 22.1 Å². The molecule has 5 heteroatoms. The molecule has 0 spiro atoms. The highest BCUT2D eigenvalue weighted by Crippen LogP contribution is 2.43. The van der Waals surface area contributed by atoms with Crippen LogP contribution in [0.25, 0.3) is 0 Å². The monoisotopic (exact) mass is 348 g/mol. The summed E-state index contributed by atoms with van der Waals surface area (Å²) in [5, 5.41) is 13.3. The van der Waals surface area contributed by atoms with Crippen molar-refractivity contribution < 1.29 is 14.6 Å². The molecule has 5 nitrogen and oxygen atoms in total. The Morgan fingerprint density at radius 1 is 1.08 bits per heavy atom. The van der Waals surface area contributed by atoms with Gasteiger partial charge in [0.15, 0.2) is 0 Å². The summed E-state index contributed by atoms with van der Waals surface area (Å²) in [7, 11) is 1.87. The van der Waals surface area contributed by atoms with Crippen LogP contribution in [0.2, 0.25) is 0 Å². The number of carbonyl (C=O) groups excluding carboxylic acids is 1. The van der Waals surface area contributed by atoms with E-state index >= 15 is 0 Å². The first kappa shape index (κ1) is 16.4. The maximum absolute atomic E-state index is 13.0. The summed E-state index contributed by atoms with van der Waals surface area (Å²) < 4.78 is 7.77. The summed E-state index contributed by atoms with van der Waals surface area (Å²) in [5.74, 6) is 0.766. The third-order valence-corrected chi connectivity index (χ3v) is 4.74. The van der Waals surface area contributed by atoms with Gasteiger partial charge in [0.1, 0.15) is 17.6 Å². The number of aromatic nitrogens is 1. The number of nitrogens with zero attached hydrogens (tertiary/aromatic N) is 1. The number of hydrogen-bond acceptors (Lipinski definition) is 3. The van der Waals surface area contributed by atoms with Gasteiger partial charge in [0.25, 0.3) is 0 Å². The summed E-state index contributed by atoms with van der Waals surface area (Å²) in [6, 6.07) is 18.8. The van der Waals surface area contributed by atoms with Crippen molar-refractivity contribution in [1.82, 2.24) is 9.88 Å². The lowest BCUT2D eigenvalue weighted by Gasteiger charge is -2.27. The van der Waals surface area contributed by atoms with E-state index in [0.29, 0.717) is 11.5 Å². The quantitative estimate of drug-likeness (QED) is 0.761. The van der Waals surface area contributed by atoms with E-state index in [1.807, 2.05) is 78.5 Å². The minimum atomic E-state index is -0.760. The number of para-hydroxylation sites is 2. The molecule has 1 aliphatic rings. The number of aliphatic hydroxyl groups is 1. The molecule has 0 saturated carbocycles. The molecule has 2 aromatic carbocycles. The smallest absolute Gasteiger partial charge is 0.232 e. The minimum Gasteiger partial charge on any atom is -0.457 e. The van der Waals surface area contributed by atoms with Crippen molar-refractivity contribution >= 4 is 5.91 Å². The average molecular weight is 348 g/mol. The Morgan fingerprint density at radius 2 is 1.69 bits per heavy atom. The number of carbonyl (C=O) groups is 1. The Kier molecular flexibility index (Phi) is 4.22. The van der Waals surface area contributed by atoms with Crippen LogP contribution in [0.15, 0.2) is 66.9 Å². The summed E-state index contributed by atoms with van der Waals surface area (Å²) in [5.41, 5.74) is 2.42. The predicted octanol–water partition coefficient (Wildman–Crippen LogP) is 3.11. The number of ether oxygens (including phenoxy) is 1. The summed E-state index contributed by atoms with van der Waals surface area (Å²) >= 11 is 0. The molecular formula is C21H20N2O3. The first-order valence-corrected chi connectivity index (χ1v) is 8.58. The van der Waals surface area contributed by atoms with Crippen LogP contribution in [-0.2, 0) is 11.8 Å². The van der Waals surface area contributed by atoms with E-state index in [4.69, 9.17) is 4.74 Å². The zero-order valence-corrected chi connectivity index (χ0v) is 14.4. The molecule has 0 radical (unpaired) electrons. The number of aliphatic hydroxyl groups excluding tert-OH is 1. The minimum absolute atomic E-state index is 0.151. The van der Waals surface area contributed by atoms with Crippen molar-refractivity contribution in [3.63, 3.8) is 0 Å². The fraction of sp³-hybridized carbons (Fsp3) is 0.190. The van der Waals surface area contributed by atoms with Gasteiger partial charge in [-0.1, -0.05) is 36.4 Å². The second-order valence-corrected chi connectivity index (χ2v) is 6.42. The lowest BCUT2D eigenvalue weighted by molar-refractivity contribution is -0.122. The van der Waals surface area contributed by atoms with E-state index in [0.717, 1.165) is 16.8 Å². The molecule has 1 aliphatic heterocycles. The Morgan fingerprint density at radius 3 is 2.27 bits per heavy atom. The second kappa shape index (κ2) is 6.69. The van der Waals surface area contributed by atoms with E-state index in [1.54, 1.807) is 0 Å². The first-order valence-electron chi connectivity index (χ1n) is 8.58. The number of fused-ring (bicyclic) bond motifs is 2. The maximum atomic E-state index is 13.0. The molecule has 4 rings (SSSR count). The van der Waals surface area contributed by atoms with Crippen LogP contribution in [0.5, 0.6) is 11.5 Å². The van der Waals surface area contributed by atoms with Gasteiger partial charge in [0.2, 0.25) is 5.91 Å². The molecule has 2 heterocycles. The fourth-order valence-electron chi connectivity index (χ4n) is 3.42. The van der Waals surface area contributed by atoms with Gasteiger partial charge in [0.05, 0.1) is 5.92 Å². The van der Waals surface area contributed by atoms with Gasteiger partial charge >= 0.3 is 0 Å². The standard InChI is InChI=1S/C21H20N2O3/c1-23-12-6-9-16(23)17(24)13-22-21(25)20-14-7-2-4-10-18(14)26-19-11-5-3-8-15(19)20/h2-12,17,20,24H,13H2,1H3,(H,22,25)/t17-/m0/s1. The highest BCUT2D eigenvalue weighted by atomic mass is 16.5. The number of rotatable bonds is 4. The number of benzene rings is 2. The molecule has 26 heavy (non-hydrogen) atoms. The lowest BCUT2D eigenvalue weighted by Crippen LogP contribution is -2.34. The summed E-state index contributed by atoms with van der Waals surface area (Å²) in [6.07, 6.45) is 1.11. The van der Waals surface area contributed by atoms with Gasteiger partial charge in [0, 0.05) is 36.6 Å². The molecular weight excluding hydrogens is 328 g/mol. The zero-order chi connectivity index (χ0) is 18.1. The van der Waals surface area contributed by atoms with Crippen LogP contribution in [0.1, 0.15) is 28.8 Å². The van der Waals surface area contributed by atoms with Crippen molar-refractivity contribution in [2.45, 2.75) is 12.0 Å². The average Bonchev–Trinajstić information content (AvgIpc) is 3.10. The fourth-order valence-corrected chi connectivity index (χ4v) is 3.42. The van der Waals surface area contributed by atoms with Crippen molar-refractivity contribution in [3.8, 4) is 11.5 Å². The molecule has 0 saturated heterocycles. The lowest BCUT2D eigenvalue weighted by atomic mass is 9.87. The Bertz CT molecular complexity index is 902. The van der Waals surface area contributed by atoms with Crippen LogP contribution >= 0.6 is 0 Å². The van der Waals surface area contributed by atoms with Crippen LogP contribution in [0.4, 0.5) is 0 Å². The van der Waals surface area contributed by atoms with Crippen LogP contribution in [0, 0.1) is 0 Å². The Balaban J connectivity index is 1.59. The Hall–Kier alpha value is -3.05. The van der Waals surface area contributed by atoms with E-state index in [2.05, 4.69) is 5.32 Å². The van der Waals surface area contributed by atoms with Gasteiger partial charge in [-0.15, -0.1) is 0 Å². The second-order valence-electron chi connectivity index (χ2n) is 6.42. The van der Waals surface area contributed by atoms with E-state index in [1.165, 1.54) is 0 Å². The van der Waals surface area contributed by atoms with Crippen molar-refractivity contribution in [2.75, 3.05) is 6.54 Å². The molecule has 0 bridgehead atoms. The molecule has 0 fully saturated rings. The third kappa shape index (κ3) is 2.86. The molecule has 2 N–H and O–H groups in total. The molecule has 1 atom stereocenters. The molecule has 0 aliphatic carbocycles. The SMILES string of the molecule is Cn1cccc1[C@@H](O)CNC(=O)C1c2ccccc2Oc2ccccc21. The highest BCUT2D eigenvalue weighted by Gasteiger charge is 2.32. The van der Waals surface area contributed by atoms with E-state index in [-0.39, 0.29) is 12.5 Å². The Labute approximate surface area is 151 Å². The van der Waals surface area contributed by atoms with Gasteiger partial charge in [-0.25, -0.2) is 0 Å². The third-order valence-electron chi connectivity index (χ3n) is 4.74. The van der Waals surface area contributed by atoms with Crippen molar-refractivity contribution in [1.29, 1.82) is 0 Å². The summed E-state index contributed by atoms with van der Waals surface area (Å²) in [4.78, 5) is 13.0. The zero-order valence-electron chi connectivity index (χ0n) is 14.4. The van der Waals surface area contributed by atoms with Crippen molar-refractivity contribution in [3.05, 3.63) is 83.7 Å². The molecule has 132 valence electrons. The first-order chi connectivity index (χ1) is 12.6. The van der Waals surface area contributed by atoms with Gasteiger partial charge in [-0.2, -0.15) is 0 Å². The normalized spacial score (nSPS) is 14.1. The van der Waals surface area contributed by atoms with E-state index in [9.17, 15) is 9.90 Å².